The zero-order chi connectivity index (χ0) is 17.1. The standard InChI is InChI=1S/C21H27NO2/c1-4-5-16-12-14(2)13-20-18(21(16)23)10-11-19(22-20)15-6-8-17(24-3)9-7-15/h6-11,14,16,19,22H,4-5,12-13H2,1-3H3. The molecule has 0 spiro atoms. The van der Waals surface area contributed by atoms with Crippen LogP contribution in [0.1, 0.15) is 51.1 Å². The summed E-state index contributed by atoms with van der Waals surface area (Å²) in [7, 11) is 1.68. The van der Waals surface area contributed by atoms with E-state index in [1.54, 1.807) is 7.11 Å². The molecule has 3 atom stereocenters. The van der Waals surface area contributed by atoms with Gasteiger partial charge >= 0.3 is 0 Å². The Labute approximate surface area is 144 Å². The Morgan fingerprint density at radius 3 is 2.67 bits per heavy atom. The number of carbonyl (C=O) groups is 1. The lowest BCUT2D eigenvalue weighted by Crippen LogP contribution is -2.26. The molecule has 1 aliphatic heterocycles. The quantitative estimate of drug-likeness (QED) is 0.881. The second-order valence-corrected chi connectivity index (χ2v) is 7.04. The number of methoxy groups -OCH3 is 1. The maximum absolute atomic E-state index is 12.9. The summed E-state index contributed by atoms with van der Waals surface area (Å²) in [6, 6.07) is 8.24. The maximum atomic E-state index is 12.9. The minimum absolute atomic E-state index is 0.123. The van der Waals surface area contributed by atoms with Crippen molar-refractivity contribution in [3.63, 3.8) is 0 Å². The van der Waals surface area contributed by atoms with Gasteiger partial charge in [0, 0.05) is 17.2 Å². The van der Waals surface area contributed by atoms with Crippen molar-refractivity contribution in [2.24, 2.45) is 11.8 Å². The molecular formula is C21H27NO2. The van der Waals surface area contributed by atoms with Gasteiger partial charge in [0.15, 0.2) is 5.78 Å². The zero-order valence-electron chi connectivity index (χ0n) is 14.8. The number of ether oxygens (including phenoxy) is 1. The third-order valence-corrected chi connectivity index (χ3v) is 5.10. The van der Waals surface area contributed by atoms with Crippen LogP contribution in [0.25, 0.3) is 0 Å². The van der Waals surface area contributed by atoms with Gasteiger partial charge in [0.1, 0.15) is 5.75 Å². The van der Waals surface area contributed by atoms with E-state index >= 15 is 0 Å². The van der Waals surface area contributed by atoms with Crippen LogP contribution in [0, 0.1) is 11.8 Å². The maximum Gasteiger partial charge on any atom is 0.167 e. The molecule has 0 aromatic heterocycles. The number of dihydropyridines is 1. The van der Waals surface area contributed by atoms with E-state index in [2.05, 4.69) is 37.4 Å². The second kappa shape index (κ2) is 7.25. The van der Waals surface area contributed by atoms with Gasteiger partial charge < -0.3 is 10.1 Å². The highest BCUT2D eigenvalue weighted by Crippen LogP contribution is 2.35. The fourth-order valence-corrected chi connectivity index (χ4v) is 3.85. The average Bonchev–Trinajstić information content (AvgIpc) is 2.71. The molecule has 0 bridgehead atoms. The van der Waals surface area contributed by atoms with Crippen molar-refractivity contribution in [1.82, 2.24) is 5.32 Å². The summed E-state index contributed by atoms with van der Waals surface area (Å²) in [6.45, 7) is 4.42. The highest BCUT2D eigenvalue weighted by Gasteiger charge is 2.31. The van der Waals surface area contributed by atoms with Gasteiger partial charge in [-0.25, -0.2) is 0 Å². The van der Waals surface area contributed by atoms with E-state index in [9.17, 15) is 4.79 Å². The molecule has 3 unspecified atom stereocenters. The topological polar surface area (TPSA) is 38.3 Å². The van der Waals surface area contributed by atoms with E-state index in [0.29, 0.717) is 11.7 Å². The van der Waals surface area contributed by atoms with Crippen LogP contribution >= 0.6 is 0 Å². The molecule has 128 valence electrons. The fourth-order valence-electron chi connectivity index (χ4n) is 3.85. The van der Waals surface area contributed by atoms with Gasteiger partial charge in [0.05, 0.1) is 13.2 Å². The summed E-state index contributed by atoms with van der Waals surface area (Å²) in [5, 5.41) is 3.60. The third kappa shape index (κ3) is 3.40. The Morgan fingerprint density at radius 1 is 1.25 bits per heavy atom. The first-order valence-corrected chi connectivity index (χ1v) is 8.98. The molecule has 0 saturated carbocycles. The predicted octanol–water partition coefficient (Wildman–Crippen LogP) is 4.57. The molecule has 0 fully saturated rings. The fraction of sp³-hybridized carbons (Fsp3) is 0.476. The van der Waals surface area contributed by atoms with Crippen LogP contribution in [0.3, 0.4) is 0 Å². The van der Waals surface area contributed by atoms with Crippen molar-refractivity contribution in [2.75, 3.05) is 7.11 Å². The third-order valence-electron chi connectivity index (χ3n) is 5.10. The molecule has 2 aliphatic rings. The van der Waals surface area contributed by atoms with Crippen LogP contribution in [0.4, 0.5) is 0 Å². The molecule has 3 rings (SSSR count). The van der Waals surface area contributed by atoms with Crippen molar-refractivity contribution in [2.45, 2.75) is 45.6 Å². The summed E-state index contributed by atoms with van der Waals surface area (Å²) in [4.78, 5) is 12.9. The summed E-state index contributed by atoms with van der Waals surface area (Å²) in [6.07, 6.45) is 8.18. The lowest BCUT2D eigenvalue weighted by molar-refractivity contribution is -0.119. The number of benzene rings is 1. The first kappa shape index (κ1) is 16.8. The van der Waals surface area contributed by atoms with E-state index in [1.807, 2.05) is 18.2 Å². The lowest BCUT2D eigenvalue weighted by Gasteiger charge is -2.25. The molecule has 24 heavy (non-hydrogen) atoms. The van der Waals surface area contributed by atoms with E-state index < -0.39 is 0 Å². The minimum atomic E-state index is 0.123. The number of rotatable bonds is 4. The van der Waals surface area contributed by atoms with E-state index in [-0.39, 0.29) is 12.0 Å². The predicted molar refractivity (Wildman–Crippen MR) is 96.8 cm³/mol. The zero-order valence-corrected chi connectivity index (χ0v) is 14.8. The average molecular weight is 325 g/mol. The van der Waals surface area contributed by atoms with E-state index in [1.165, 1.54) is 5.56 Å². The summed E-state index contributed by atoms with van der Waals surface area (Å²) in [5.74, 6) is 1.90. The van der Waals surface area contributed by atoms with Gasteiger partial charge in [-0.1, -0.05) is 44.6 Å². The Balaban J connectivity index is 1.82. The van der Waals surface area contributed by atoms with Crippen LogP contribution in [0.5, 0.6) is 5.75 Å². The first-order chi connectivity index (χ1) is 11.6. The number of carbonyl (C=O) groups excluding carboxylic acids is 1. The summed E-state index contributed by atoms with van der Waals surface area (Å²) in [5.41, 5.74) is 3.21. The Bertz CT molecular complexity index is 657. The van der Waals surface area contributed by atoms with Crippen LogP contribution in [0.2, 0.25) is 0 Å². The molecule has 3 heteroatoms. The monoisotopic (exact) mass is 325 g/mol. The normalized spacial score (nSPS) is 26.6. The summed E-state index contributed by atoms with van der Waals surface area (Å²) >= 11 is 0. The van der Waals surface area contributed by atoms with Crippen molar-refractivity contribution in [1.29, 1.82) is 0 Å². The highest BCUT2D eigenvalue weighted by molar-refractivity contribution is 6.00. The van der Waals surface area contributed by atoms with Gasteiger partial charge in [-0.15, -0.1) is 0 Å². The molecule has 3 nitrogen and oxygen atoms in total. The van der Waals surface area contributed by atoms with Gasteiger partial charge in [-0.3, -0.25) is 4.79 Å². The minimum Gasteiger partial charge on any atom is -0.497 e. The smallest absolute Gasteiger partial charge is 0.167 e. The largest absolute Gasteiger partial charge is 0.497 e. The number of Topliss-reactive ketones (excluding diaryl/α,β-unsaturated/α-hetero) is 1. The SMILES string of the molecule is CCCC1CC(C)CC2=C(C=CC(c3ccc(OC)cc3)N2)C1=O. The first-order valence-electron chi connectivity index (χ1n) is 8.98. The van der Waals surface area contributed by atoms with Crippen molar-refractivity contribution < 1.29 is 9.53 Å². The number of nitrogens with one attached hydrogen (secondary N) is 1. The molecule has 1 aromatic carbocycles. The van der Waals surface area contributed by atoms with Crippen LogP contribution in [-0.4, -0.2) is 12.9 Å². The Hall–Kier alpha value is -2.03. The molecule has 0 amide bonds. The van der Waals surface area contributed by atoms with Gasteiger partial charge in [-0.05, 0) is 42.9 Å². The number of hydrogen-bond acceptors (Lipinski definition) is 3. The summed E-state index contributed by atoms with van der Waals surface area (Å²) < 4.78 is 5.23. The van der Waals surface area contributed by atoms with Crippen molar-refractivity contribution >= 4 is 5.78 Å². The molecule has 0 radical (unpaired) electrons. The Morgan fingerprint density at radius 2 is 2.00 bits per heavy atom. The molecule has 1 aromatic rings. The number of ketones is 1. The molecule has 1 aliphatic carbocycles. The van der Waals surface area contributed by atoms with E-state index in [4.69, 9.17) is 4.74 Å². The van der Waals surface area contributed by atoms with Crippen molar-refractivity contribution in [3.8, 4) is 5.75 Å². The van der Waals surface area contributed by atoms with Crippen molar-refractivity contribution in [3.05, 3.63) is 53.3 Å². The van der Waals surface area contributed by atoms with Crippen LogP contribution in [-0.2, 0) is 4.79 Å². The van der Waals surface area contributed by atoms with Crippen LogP contribution in [0.15, 0.2) is 47.7 Å². The van der Waals surface area contributed by atoms with Gasteiger partial charge in [0.25, 0.3) is 0 Å². The lowest BCUT2D eigenvalue weighted by atomic mass is 9.88. The molecule has 0 saturated heterocycles. The van der Waals surface area contributed by atoms with Gasteiger partial charge in [-0.2, -0.15) is 0 Å². The molecule has 1 heterocycles. The number of allylic oxidation sites excluding steroid dienone is 3. The molecular weight excluding hydrogens is 298 g/mol. The van der Waals surface area contributed by atoms with Crippen LogP contribution < -0.4 is 10.1 Å². The Kier molecular flexibility index (Phi) is 5.08. The number of hydrogen-bond donors (Lipinski definition) is 1. The van der Waals surface area contributed by atoms with Gasteiger partial charge in [0.2, 0.25) is 0 Å². The van der Waals surface area contributed by atoms with E-state index in [0.717, 1.165) is 42.7 Å². The molecule has 1 N–H and O–H groups in total. The second-order valence-electron chi connectivity index (χ2n) is 7.04. The highest BCUT2D eigenvalue weighted by atomic mass is 16.5.